The van der Waals surface area contributed by atoms with Crippen molar-refractivity contribution in [3.05, 3.63) is 36.4 Å². The van der Waals surface area contributed by atoms with E-state index in [2.05, 4.69) is 5.90 Å². The summed E-state index contributed by atoms with van der Waals surface area (Å²) in [5.41, 5.74) is 0. The average Bonchev–Trinajstić information content (AvgIpc) is 2.29. The minimum absolute atomic E-state index is 0.874. The monoisotopic (exact) mass is 222 g/mol. The Hall–Kier alpha value is -1.23. The zero-order valence-electron chi connectivity index (χ0n) is 8.40. The number of fused-ring (bicyclic) bond motifs is 1. The highest BCUT2D eigenvalue weighted by Gasteiger charge is 2.05. The number of hydrogen-bond acceptors (Lipinski definition) is 3. The van der Waals surface area contributed by atoms with Gasteiger partial charge in [0.15, 0.2) is 0 Å². The van der Waals surface area contributed by atoms with Crippen LogP contribution in [0.5, 0.6) is 5.75 Å². The third kappa shape index (κ3) is 1.92. The first-order valence-corrected chi connectivity index (χ1v) is 5.25. The summed E-state index contributed by atoms with van der Waals surface area (Å²) in [5.74, 6) is 4.24. The third-order valence-electron chi connectivity index (χ3n) is 2.21. The molecule has 0 saturated heterocycles. The van der Waals surface area contributed by atoms with Crippen LogP contribution in [0.2, 0.25) is 0 Å². The maximum absolute atomic E-state index is 5.29. The minimum atomic E-state index is 0.874. The first-order chi connectivity index (χ1) is 7.36. The second-order valence-electron chi connectivity index (χ2n) is 3.01. The molecule has 0 amide bonds. The lowest BCUT2D eigenvalue weighted by atomic mass is 10.1. The second-order valence-corrected chi connectivity index (χ2v) is 3.85. The van der Waals surface area contributed by atoms with Gasteiger partial charge in [-0.1, -0.05) is 24.3 Å². The summed E-state index contributed by atoms with van der Waals surface area (Å²) in [6, 6.07) is 12.0. The summed E-state index contributed by atoms with van der Waals surface area (Å²) in [7, 11) is 1.67. The lowest BCUT2D eigenvalue weighted by Crippen LogP contribution is -2.45. The molecule has 78 valence electrons. The van der Waals surface area contributed by atoms with E-state index in [9.17, 15) is 0 Å². The largest absolute Gasteiger partial charge is 0.496 e. The zero-order valence-corrected chi connectivity index (χ0v) is 9.21. The second kappa shape index (κ2) is 4.53. The number of methoxy groups -OCH3 is 1. The molecule has 0 spiro atoms. The van der Waals surface area contributed by atoms with Gasteiger partial charge in [-0.3, -0.25) is 0 Å². The Morgan fingerprint density at radius 3 is 2.53 bits per heavy atom. The Morgan fingerprint density at radius 1 is 1.07 bits per heavy atom. The molecule has 0 aliphatic heterocycles. The highest BCUT2D eigenvalue weighted by molar-refractivity contribution is 7.94. The van der Waals surface area contributed by atoms with Gasteiger partial charge in [0.05, 0.1) is 19.2 Å². The summed E-state index contributed by atoms with van der Waals surface area (Å²) < 4.78 is 10.1. The van der Waals surface area contributed by atoms with E-state index in [1.165, 1.54) is 12.0 Å². The maximum atomic E-state index is 5.29. The first kappa shape index (κ1) is 10.3. The average molecular weight is 222 g/mol. The molecule has 0 aliphatic carbocycles. The van der Waals surface area contributed by atoms with Gasteiger partial charge in [0, 0.05) is 15.7 Å². The molecule has 3 N–H and O–H groups in total. The van der Waals surface area contributed by atoms with Gasteiger partial charge in [0.1, 0.15) is 5.75 Å². The highest BCUT2D eigenvalue weighted by atomic mass is 32.2. The lowest BCUT2D eigenvalue weighted by molar-refractivity contribution is -0.630. The van der Waals surface area contributed by atoms with E-state index in [1.54, 1.807) is 7.11 Å². The van der Waals surface area contributed by atoms with E-state index in [0.717, 1.165) is 21.4 Å². The van der Waals surface area contributed by atoms with Crippen LogP contribution in [0, 0.1) is 0 Å². The van der Waals surface area contributed by atoms with Crippen LogP contribution in [0.15, 0.2) is 41.3 Å². The molecule has 2 rings (SSSR count). The quantitative estimate of drug-likeness (QED) is 0.638. The molecule has 0 radical (unpaired) electrons. The Labute approximate surface area is 92.3 Å². The summed E-state index contributed by atoms with van der Waals surface area (Å²) in [5, 5.41) is 2.20. The van der Waals surface area contributed by atoms with Gasteiger partial charge in [-0.05, 0) is 12.1 Å². The molecular weight excluding hydrogens is 210 g/mol. The van der Waals surface area contributed by atoms with E-state index in [4.69, 9.17) is 9.02 Å². The van der Waals surface area contributed by atoms with Crippen molar-refractivity contribution in [1.29, 1.82) is 0 Å². The van der Waals surface area contributed by atoms with Crippen LogP contribution in [0.1, 0.15) is 0 Å². The molecule has 0 heterocycles. The molecular formula is C11H12NO2S+. The summed E-state index contributed by atoms with van der Waals surface area (Å²) in [6.07, 6.45) is 0. The summed E-state index contributed by atoms with van der Waals surface area (Å²) in [6.45, 7) is 0. The van der Waals surface area contributed by atoms with Gasteiger partial charge in [-0.2, -0.15) is 5.90 Å². The molecule has 3 nitrogen and oxygen atoms in total. The van der Waals surface area contributed by atoms with Crippen LogP contribution < -0.4 is 10.6 Å². The van der Waals surface area contributed by atoms with E-state index >= 15 is 0 Å². The van der Waals surface area contributed by atoms with E-state index in [0.29, 0.717) is 0 Å². The summed E-state index contributed by atoms with van der Waals surface area (Å²) >= 11 is 1.26. The fourth-order valence-electron chi connectivity index (χ4n) is 1.57. The van der Waals surface area contributed by atoms with Crippen LogP contribution in [-0.4, -0.2) is 7.11 Å². The molecule has 2 aromatic rings. The van der Waals surface area contributed by atoms with Crippen molar-refractivity contribution >= 4 is 22.8 Å². The maximum Gasteiger partial charge on any atom is 0.126 e. The van der Waals surface area contributed by atoms with Gasteiger partial charge in [0.25, 0.3) is 0 Å². The van der Waals surface area contributed by atoms with E-state index in [-0.39, 0.29) is 0 Å². The standard InChI is InChI=1S/C11H12NO2S/c1-13-10-6-2-5-9-8(10)4-3-7-11(9)15-14-12/h2-7H,1,12H3/q+1. The molecule has 0 fully saturated rings. The Bertz CT molecular complexity index is 473. The molecule has 0 atom stereocenters. The van der Waals surface area contributed by atoms with Crippen LogP contribution in [0.25, 0.3) is 10.8 Å². The smallest absolute Gasteiger partial charge is 0.126 e. The van der Waals surface area contributed by atoms with Crippen molar-refractivity contribution in [2.75, 3.05) is 7.11 Å². The Kier molecular flexibility index (Phi) is 3.11. The number of benzene rings is 2. The molecule has 0 unspecified atom stereocenters. The predicted octanol–water partition coefficient (Wildman–Crippen LogP) is 2.03. The third-order valence-corrected chi connectivity index (χ3v) is 2.86. The van der Waals surface area contributed by atoms with Crippen molar-refractivity contribution in [3.8, 4) is 5.75 Å². The lowest BCUT2D eigenvalue weighted by Gasteiger charge is -2.07. The molecule has 0 aromatic heterocycles. The van der Waals surface area contributed by atoms with Gasteiger partial charge >= 0.3 is 0 Å². The van der Waals surface area contributed by atoms with Crippen LogP contribution >= 0.6 is 12.0 Å². The van der Waals surface area contributed by atoms with Crippen LogP contribution in [0.3, 0.4) is 0 Å². The van der Waals surface area contributed by atoms with Gasteiger partial charge < -0.3 is 4.74 Å². The summed E-state index contributed by atoms with van der Waals surface area (Å²) in [4.78, 5) is 1.04. The topological polar surface area (TPSA) is 46.1 Å². The molecule has 4 heteroatoms. The fourth-order valence-corrected chi connectivity index (χ4v) is 2.10. The van der Waals surface area contributed by atoms with Crippen molar-refractivity contribution in [2.45, 2.75) is 4.90 Å². The van der Waals surface area contributed by atoms with Crippen molar-refractivity contribution in [1.82, 2.24) is 0 Å². The zero-order chi connectivity index (χ0) is 10.7. The van der Waals surface area contributed by atoms with Crippen LogP contribution in [-0.2, 0) is 4.28 Å². The molecule has 0 bridgehead atoms. The fraction of sp³-hybridized carbons (Fsp3) is 0.0909. The van der Waals surface area contributed by atoms with Gasteiger partial charge in [0.2, 0.25) is 0 Å². The van der Waals surface area contributed by atoms with Crippen molar-refractivity contribution < 1.29 is 14.9 Å². The van der Waals surface area contributed by atoms with E-state index < -0.39 is 0 Å². The SMILES string of the molecule is COc1cccc2c(SO[NH3+])cccc12. The normalized spacial score (nSPS) is 10.5. The van der Waals surface area contributed by atoms with Crippen molar-refractivity contribution in [3.63, 3.8) is 0 Å². The number of quaternary nitrogens is 1. The van der Waals surface area contributed by atoms with Crippen LogP contribution in [0.4, 0.5) is 0 Å². The number of rotatable bonds is 3. The van der Waals surface area contributed by atoms with E-state index in [1.807, 2.05) is 36.4 Å². The number of hydrogen-bond donors (Lipinski definition) is 1. The molecule has 2 aromatic carbocycles. The molecule has 0 aliphatic rings. The highest BCUT2D eigenvalue weighted by Crippen LogP contribution is 2.32. The molecule has 15 heavy (non-hydrogen) atoms. The minimum Gasteiger partial charge on any atom is -0.496 e. The predicted molar refractivity (Wildman–Crippen MR) is 60.3 cm³/mol. The first-order valence-electron chi connectivity index (χ1n) is 4.51. The Balaban J connectivity index is 2.65. The van der Waals surface area contributed by atoms with Gasteiger partial charge in [-0.25, -0.2) is 0 Å². The Morgan fingerprint density at radius 2 is 1.80 bits per heavy atom. The van der Waals surface area contributed by atoms with Gasteiger partial charge in [-0.15, -0.1) is 4.28 Å². The number of ether oxygens (including phenoxy) is 1. The van der Waals surface area contributed by atoms with Crippen molar-refractivity contribution in [2.24, 2.45) is 0 Å². The molecule has 0 saturated carbocycles.